The molecule has 0 radical (unpaired) electrons. The van der Waals surface area contributed by atoms with Gasteiger partial charge in [0, 0.05) is 23.5 Å². The number of H-pyrrole nitrogens is 1. The van der Waals surface area contributed by atoms with Crippen LogP contribution in [0.2, 0.25) is 0 Å². The quantitative estimate of drug-likeness (QED) is 0.508. The summed E-state index contributed by atoms with van der Waals surface area (Å²) in [7, 11) is 0. The predicted octanol–water partition coefficient (Wildman–Crippen LogP) is 4.13. The predicted molar refractivity (Wildman–Crippen MR) is 100 cm³/mol. The summed E-state index contributed by atoms with van der Waals surface area (Å²) in [5, 5.41) is 6.20. The number of nitrogens with one attached hydrogen (secondary N) is 3. The first kappa shape index (κ1) is 16.2. The number of carbonyl (C=O) groups is 2. The third-order valence-electron chi connectivity index (χ3n) is 3.78. The van der Waals surface area contributed by atoms with E-state index in [-0.39, 0.29) is 17.4 Å². The smallest absolute Gasteiger partial charge is 0.273 e. The van der Waals surface area contributed by atoms with Gasteiger partial charge in [0.15, 0.2) is 5.13 Å². The van der Waals surface area contributed by atoms with Gasteiger partial charge in [-0.15, -0.1) is 0 Å². The highest BCUT2D eigenvalue weighted by Crippen LogP contribution is 2.29. The number of aromatic amines is 1. The van der Waals surface area contributed by atoms with Crippen LogP contribution < -0.4 is 10.6 Å². The second-order valence-corrected chi connectivity index (χ2v) is 6.75. The Hall–Kier alpha value is -3.26. The molecule has 4 aromatic rings. The summed E-state index contributed by atoms with van der Waals surface area (Å²) >= 11 is 1.29. The van der Waals surface area contributed by atoms with E-state index >= 15 is 0 Å². The highest BCUT2D eigenvalue weighted by atomic mass is 32.1. The maximum absolute atomic E-state index is 13.8. The van der Waals surface area contributed by atoms with E-state index in [1.165, 1.54) is 30.4 Å². The standard InChI is InChI=1S/C18H13FN4O2S/c1-9(24)20-10-5-6-14-16(7-10)26-18(22-14)23-17(25)15-8-11-12(19)3-2-4-13(11)21-15/h2-8,21H,1H3,(H,20,24)(H,22,23,25). The van der Waals surface area contributed by atoms with Crippen LogP contribution in [0.5, 0.6) is 0 Å². The van der Waals surface area contributed by atoms with Crippen molar-refractivity contribution in [1.29, 1.82) is 0 Å². The van der Waals surface area contributed by atoms with E-state index < -0.39 is 5.91 Å². The van der Waals surface area contributed by atoms with Crippen molar-refractivity contribution in [3.63, 3.8) is 0 Å². The monoisotopic (exact) mass is 368 g/mol. The highest BCUT2D eigenvalue weighted by molar-refractivity contribution is 7.22. The van der Waals surface area contributed by atoms with Crippen LogP contribution in [0.1, 0.15) is 17.4 Å². The van der Waals surface area contributed by atoms with Crippen molar-refractivity contribution in [2.45, 2.75) is 6.92 Å². The summed E-state index contributed by atoms with van der Waals surface area (Å²) in [6.45, 7) is 1.44. The number of nitrogens with zero attached hydrogens (tertiary/aromatic N) is 1. The van der Waals surface area contributed by atoms with Gasteiger partial charge >= 0.3 is 0 Å². The fourth-order valence-electron chi connectivity index (χ4n) is 2.66. The fraction of sp³-hybridized carbons (Fsp3) is 0.0556. The van der Waals surface area contributed by atoms with E-state index in [1.54, 1.807) is 30.3 Å². The Labute approximate surface area is 151 Å². The molecule has 8 heteroatoms. The molecule has 2 amide bonds. The molecule has 0 spiro atoms. The van der Waals surface area contributed by atoms with Gasteiger partial charge in [-0.3, -0.25) is 14.9 Å². The lowest BCUT2D eigenvalue weighted by Crippen LogP contribution is -2.11. The average molecular weight is 368 g/mol. The maximum atomic E-state index is 13.8. The Morgan fingerprint density at radius 2 is 2.00 bits per heavy atom. The van der Waals surface area contributed by atoms with Crippen LogP contribution in [0.25, 0.3) is 21.1 Å². The van der Waals surface area contributed by atoms with Gasteiger partial charge in [0.05, 0.1) is 10.2 Å². The SMILES string of the molecule is CC(=O)Nc1ccc2nc(NC(=O)c3cc4c(F)cccc4[nH]3)sc2c1. The van der Waals surface area contributed by atoms with Gasteiger partial charge in [0.25, 0.3) is 5.91 Å². The van der Waals surface area contributed by atoms with E-state index in [1.807, 2.05) is 0 Å². The van der Waals surface area contributed by atoms with Crippen molar-refractivity contribution >= 4 is 55.1 Å². The van der Waals surface area contributed by atoms with Crippen molar-refractivity contribution in [1.82, 2.24) is 9.97 Å². The number of thiazole rings is 1. The van der Waals surface area contributed by atoms with Crippen molar-refractivity contribution in [2.24, 2.45) is 0 Å². The van der Waals surface area contributed by atoms with Gasteiger partial charge < -0.3 is 10.3 Å². The largest absolute Gasteiger partial charge is 0.350 e. The number of aromatic nitrogens is 2. The zero-order valence-corrected chi connectivity index (χ0v) is 14.4. The molecule has 130 valence electrons. The molecule has 2 aromatic carbocycles. The van der Waals surface area contributed by atoms with Crippen LogP contribution in [0.3, 0.4) is 0 Å². The minimum absolute atomic E-state index is 0.159. The molecule has 0 bridgehead atoms. The summed E-state index contributed by atoms with van der Waals surface area (Å²) in [6, 6.07) is 11.4. The first-order chi connectivity index (χ1) is 12.5. The zero-order chi connectivity index (χ0) is 18.3. The lowest BCUT2D eigenvalue weighted by molar-refractivity contribution is -0.114. The van der Waals surface area contributed by atoms with E-state index in [4.69, 9.17) is 0 Å². The summed E-state index contributed by atoms with van der Waals surface area (Å²) < 4.78 is 14.6. The van der Waals surface area contributed by atoms with E-state index in [0.717, 1.165) is 4.70 Å². The number of rotatable bonds is 3. The van der Waals surface area contributed by atoms with Crippen LogP contribution in [0.4, 0.5) is 15.2 Å². The molecule has 0 saturated carbocycles. The molecule has 0 aliphatic rings. The first-order valence-electron chi connectivity index (χ1n) is 7.76. The van der Waals surface area contributed by atoms with Gasteiger partial charge in [-0.05, 0) is 36.4 Å². The lowest BCUT2D eigenvalue weighted by atomic mass is 10.2. The van der Waals surface area contributed by atoms with Gasteiger partial charge in [-0.1, -0.05) is 17.4 Å². The minimum atomic E-state index is -0.401. The topological polar surface area (TPSA) is 86.9 Å². The Kier molecular flexibility index (Phi) is 3.89. The molecule has 3 N–H and O–H groups in total. The lowest BCUT2D eigenvalue weighted by Gasteiger charge is -1.99. The number of fused-ring (bicyclic) bond motifs is 2. The second-order valence-electron chi connectivity index (χ2n) is 5.72. The van der Waals surface area contributed by atoms with Gasteiger partial charge in [0.2, 0.25) is 5.91 Å². The number of hydrogen-bond donors (Lipinski definition) is 3. The van der Waals surface area contributed by atoms with Gasteiger partial charge in [-0.25, -0.2) is 9.37 Å². The molecular formula is C18H13FN4O2S. The van der Waals surface area contributed by atoms with Gasteiger partial charge in [0.1, 0.15) is 11.5 Å². The van der Waals surface area contributed by atoms with E-state index in [9.17, 15) is 14.0 Å². The van der Waals surface area contributed by atoms with Crippen molar-refractivity contribution in [3.05, 3.63) is 54.0 Å². The normalized spacial score (nSPS) is 11.0. The Morgan fingerprint density at radius 1 is 1.15 bits per heavy atom. The minimum Gasteiger partial charge on any atom is -0.350 e. The molecule has 0 unspecified atom stereocenters. The molecule has 6 nitrogen and oxygen atoms in total. The van der Waals surface area contributed by atoms with E-state index in [0.29, 0.717) is 27.2 Å². The Bertz CT molecular complexity index is 1160. The van der Waals surface area contributed by atoms with Crippen molar-refractivity contribution in [2.75, 3.05) is 10.6 Å². The fourth-order valence-corrected chi connectivity index (χ4v) is 3.56. The number of benzene rings is 2. The number of carbonyl (C=O) groups excluding carboxylic acids is 2. The molecule has 4 rings (SSSR count). The van der Waals surface area contributed by atoms with Crippen LogP contribution in [-0.2, 0) is 4.79 Å². The number of hydrogen-bond acceptors (Lipinski definition) is 4. The molecule has 0 atom stereocenters. The van der Waals surface area contributed by atoms with Gasteiger partial charge in [-0.2, -0.15) is 0 Å². The van der Waals surface area contributed by atoms with Crippen LogP contribution in [-0.4, -0.2) is 21.8 Å². The number of halogens is 1. The Balaban J connectivity index is 1.60. The molecule has 0 aliphatic carbocycles. The highest BCUT2D eigenvalue weighted by Gasteiger charge is 2.14. The summed E-state index contributed by atoms with van der Waals surface area (Å²) in [6.07, 6.45) is 0. The van der Waals surface area contributed by atoms with Crippen LogP contribution in [0.15, 0.2) is 42.5 Å². The second kappa shape index (κ2) is 6.23. The molecule has 26 heavy (non-hydrogen) atoms. The number of amides is 2. The Morgan fingerprint density at radius 3 is 2.77 bits per heavy atom. The summed E-state index contributed by atoms with van der Waals surface area (Å²) in [4.78, 5) is 30.8. The zero-order valence-electron chi connectivity index (χ0n) is 13.6. The molecule has 2 aromatic heterocycles. The third kappa shape index (κ3) is 3.02. The molecular weight excluding hydrogens is 355 g/mol. The number of anilines is 2. The first-order valence-corrected chi connectivity index (χ1v) is 8.58. The summed E-state index contributed by atoms with van der Waals surface area (Å²) in [5.41, 5.74) is 2.18. The molecule has 0 saturated heterocycles. The van der Waals surface area contributed by atoms with Crippen LogP contribution >= 0.6 is 11.3 Å². The van der Waals surface area contributed by atoms with E-state index in [2.05, 4.69) is 20.6 Å². The third-order valence-corrected chi connectivity index (χ3v) is 4.72. The average Bonchev–Trinajstić information content (AvgIpc) is 3.18. The maximum Gasteiger partial charge on any atom is 0.273 e. The molecule has 2 heterocycles. The molecule has 0 fully saturated rings. The summed E-state index contributed by atoms with van der Waals surface area (Å²) in [5.74, 6) is -0.946. The molecule has 0 aliphatic heterocycles. The van der Waals surface area contributed by atoms with Crippen molar-refractivity contribution < 1.29 is 14.0 Å². The van der Waals surface area contributed by atoms with Crippen LogP contribution in [0, 0.1) is 5.82 Å². The van der Waals surface area contributed by atoms with Crippen molar-refractivity contribution in [3.8, 4) is 0 Å².